The molecule has 3 heteroatoms. The molecule has 2 nitrogen and oxygen atoms in total. The Morgan fingerprint density at radius 1 is 1.05 bits per heavy atom. The third kappa shape index (κ3) is 2.28. The number of fused-ring (bicyclic) bond motifs is 1. The van der Waals surface area contributed by atoms with E-state index in [1.165, 1.54) is 6.07 Å². The summed E-state index contributed by atoms with van der Waals surface area (Å²) in [5, 5.41) is 1.04. The van der Waals surface area contributed by atoms with Crippen LogP contribution < -0.4 is 5.73 Å². The molecule has 0 aliphatic rings. The van der Waals surface area contributed by atoms with Crippen LogP contribution in [0.2, 0.25) is 0 Å². The number of para-hydroxylation sites is 1. The second-order valence-electron chi connectivity index (χ2n) is 4.95. The zero-order chi connectivity index (χ0) is 14.1. The molecule has 0 aliphatic heterocycles. The van der Waals surface area contributed by atoms with Gasteiger partial charge in [0.05, 0.1) is 11.6 Å². The summed E-state index contributed by atoms with van der Waals surface area (Å²) < 4.78 is 13.6. The quantitative estimate of drug-likeness (QED) is 0.767. The fourth-order valence-corrected chi connectivity index (χ4v) is 2.25. The lowest BCUT2D eigenvalue weighted by atomic mass is 9.98. The highest BCUT2D eigenvalue weighted by Crippen LogP contribution is 2.23. The van der Waals surface area contributed by atoms with Crippen LogP contribution in [0.25, 0.3) is 10.9 Å². The normalized spacial score (nSPS) is 12.6. The fourth-order valence-electron chi connectivity index (χ4n) is 2.25. The Morgan fingerprint density at radius 3 is 2.65 bits per heavy atom. The van der Waals surface area contributed by atoms with Crippen molar-refractivity contribution in [3.63, 3.8) is 0 Å². The highest BCUT2D eigenvalue weighted by molar-refractivity contribution is 5.78. The molecule has 2 aromatic carbocycles. The molecule has 1 heterocycles. The maximum atomic E-state index is 13.6. The third-order valence-corrected chi connectivity index (χ3v) is 3.53. The zero-order valence-corrected chi connectivity index (χ0v) is 11.2. The van der Waals surface area contributed by atoms with Crippen LogP contribution in [0.4, 0.5) is 4.39 Å². The Bertz CT molecular complexity index is 768. The minimum Gasteiger partial charge on any atom is -0.320 e. The molecule has 0 aliphatic carbocycles. The largest absolute Gasteiger partial charge is 0.320 e. The van der Waals surface area contributed by atoms with Gasteiger partial charge in [-0.3, -0.25) is 4.98 Å². The minimum absolute atomic E-state index is 0.230. The van der Waals surface area contributed by atoms with Crippen LogP contribution in [0, 0.1) is 12.7 Å². The van der Waals surface area contributed by atoms with Crippen molar-refractivity contribution in [1.82, 2.24) is 4.98 Å². The summed E-state index contributed by atoms with van der Waals surface area (Å²) in [5.74, 6) is -0.230. The van der Waals surface area contributed by atoms with Crippen molar-refractivity contribution in [3.8, 4) is 0 Å². The number of aryl methyl sites for hydroxylation is 1. The van der Waals surface area contributed by atoms with Crippen molar-refractivity contribution in [3.05, 3.63) is 77.2 Å². The Balaban J connectivity index is 2.02. The summed E-state index contributed by atoms with van der Waals surface area (Å²) in [5.41, 5.74) is 9.41. The smallest absolute Gasteiger partial charge is 0.126 e. The molecule has 3 rings (SSSR count). The van der Waals surface area contributed by atoms with Gasteiger partial charge in [-0.15, -0.1) is 0 Å². The molecule has 20 heavy (non-hydrogen) atoms. The Labute approximate surface area is 117 Å². The molecule has 1 unspecified atom stereocenters. The van der Waals surface area contributed by atoms with Gasteiger partial charge in [-0.25, -0.2) is 4.39 Å². The van der Waals surface area contributed by atoms with Crippen LogP contribution in [-0.2, 0) is 0 Å². The number of aromatic nitrogens is 1. The number of hydrogen-bond acceptors (Lipinski definition) is 2. The van der Waals surface area contributed by atoms with Gasteiger partial charge in [-0.1, -0.05) is 30.3 Å². The van der Waals surface area contributed by atoms with Crippen molar-refractivity contribution in [1.29, 1.82) is 0 Å². The van der Waals surface area contributed by atoms with E-state index in [9.17, 15) is 4.39 Å². The van der Waals surface area contributed by atoms with Gasteiger partial charge in [0.2, 0.25) is 0 Å². The number of hydrogen-bond donors (Lipinski definition) is 1. The molecular formula is C17H15FN2. The van der Waals surface area contributed by atoms with Crippen molar-refractivity contribution in [2.75, 3.05) is 0 Å². The molecule has 3 aromatic rings. The van der Waals surface area contributed by atoms with Crippen LogP contribution in [-0.4, -0.2) is 4.98 Å². The van der Waals surface area contributed by atoms with Crippen molar-refractivity contribution < 1.29 is 4.39 Å². The Morgan fingerprint density at radius 2 is 1.85 bits per heavy atom. The third-order valence-electron chi connectivity index (χ3n) is 3.53. The summed E-state index contributed by atoms with van der Waals surface area (Å²) in [4.78, 5) is 4.39. The predicted octanol–water partition coefficient (Wildman–Crippen LogP) is 3.73. The van der Waals surface area contributed by atoms with Gasteiger partial charge in [-0.05, 0) is 41.8 Å². The highest BCUT2D eigenvalue weighted by Gasteiger charge is 2.11. The predicted molar refractivity (Wildman–Crippen MR) is 78.9 cm³/mol. The number of nitrogens with zero attached hydrogens (tertiary/aromatic N) is 1. The summed E-state index contributed by atoms with van der Waals surface area (Å²) in [6.45, 7) is 1.74. The molecule has 2 N–H and O–H groups in total. The Hall–Kier alpha value is -2.26. The fraction of sp³-hybridized carbons (Fsp3) is 0.118. The van der Waals surface area contributed by atoms with Crippen molar-refractivity contribution in [2.45, 2.75) is 13.0 Å². The van der Waals surface area contributed by atoms with Crippen LogP contribution in [0.15, 0.2) is 54.7 Å². The summed E-state index contributed by atoms with van der Waals surface area (Å²) >= 11 is 0. The topological polar surface area (TPSA) is 38.9 Å². The van der Waals surface area contributed by atoms with E-state index < -0.39 is 0 Å². The Kier molecular flexibility index (Phi) is 3.20. The second kappa shape index (κ2) is 5.02. The van der Waals surface area contributed by atoms with Crippen LogP contribution in [0.5, 0.6) is 0 Å². The van der Waals surface area contributed by atoms with E-state index >= 15 is 0 Å². The van der Waals surface area contributed by atoms with Crippen LogP contribution in [0.3, 0.4) is 0 Å². The van der Waals surface area contributed by atoms with E-state index in [-0.39, 0.29) is 11.9 Å². The first-order chi connectivity index (χ1) is 9.65. The molecule has 0 radical (unpaired) electrons. The van der Waals surface area contributed by atoms with E-state index in [0.29, 0.717) is 5.56 Å². The number of pyridine rings is 1. The monoisotopic (exact) mass is 266 g/mol. The summed E-state index contributed by atoms with van der Waals surface area (Å²) in [7, 11) is 0. The first-order valence-corrected chi connectivity index (χ1v) is 6.51. The molecule has 1 aromatic heterocycles. The standard InChI is InChI=1S/C17H15FN2/c1-11-6-7-13(9-15(11)18)17(19)14-8-12-4-2-3-5-16(12)20-10-14/h2-10,17H,19H2,1H3. The van der Waals surface area contributed by atoms with Gasteiger partial charge >= 0.3 is 0 Å². The van der Waals surface area contributed by atoms with Crippen molar-refractivity contribution in [2.24, 2.45) is 5.73 Å². The maximum Gasteiger partial charge on any atom is 0.126 e. The first-order valence-electron chi connectivity index (χ1n) is 6.51. The lowest BCUT2D eigenvalue weighted by Gasteiger charge is -2.13. The van der Waals surface area contributed by atoms with Crippen molar-refractivity contribution >= 4 is 10.9 Å². The number of rotatable bonds is 2. The van der Waals surface area contributed by atoms with E-state index in [0.717, 1.165) is 22.0 Å². The molecule has 100 valence electrons. The number of halogens is 1. The van der Waals surface area contributed by atoms with Gasteiger partial charge in [0.25, 0.3) is 0 Å². The summed E-state index contributed by atoms with van der Waals surface area (Å²) in [6, 6.07) is 14.6. The molecule has 0 bridgehead atoms. The van der Waals surface area contributed by atoms with E-state index in [1.54, 1.807) is 19.2 Å². The van der Waals surface area contributed by atoms with Gasteiger partial charge in [-0.2, -0.15) is 0 Å². The molecular weight excluding hydrogens is 251 g/mol. The average molecular weight is 266 g/mol. The second-order valence-corrected chi connectivity index (χ2v) is 4.95. The molecule has 0 fully saturated rings. The molecule has 1 atom stereocenters. The molecule has 0 saturated carbocycles. The highest BCUT2D eigenvalue weighted by atomic mass is 19.1. The van der Waals surface area contributed by atoms with Crippen LogP contribution in [0.1, 0.15) is 22.7 Å². The van der Waals surface area contributed by atoms with E-state index in [1.807, 2.05) is 36.4 Å². The minimum atomic E-state index is -0.373. The first kappa shape index (κ1) is 12.8. The van der Waals surface area contributed by atoms with Gasteiger partial charge in [0.1, 0.15) is 5.82 Å². The summed E-state index contributed by atoms with van der Waals surface area (Å²) in [6.07, 6.45) is 1.75. The van der Waals surface area contributed by atoms with E-state index in [2.05, 4.69) is 4.98 Å². The lowest BCUT2D eigenvalue weighted by Crippen LogP contribution is -2.12. The van der Waals surface area contributed by atoms with Gasteiger partial charge in [0.15, 0.2) is 0 Å². The van der Waals surface area contributed by atoms with E-state index in [4.69, 9.17) is 5.73 Å². The zero-order valence-electron chi connectivity index (χ0n) is 11.2. The van der Waals surface area contributed by atoms with Gasteiger partial charge < -0.3 is 5.73 Å². The number of benzene rings is 2. The maximum absolute atomic E-state index is 13.6. The van der Waals surface area contributed by atoms with Gasteiger partial charge in [0, 0.05) is 11.6 Å². The van der Waals surface area contributed by atoms with Crippen LogP contribution >= 0.6 is 0 Å². The lowest BCUT2D eigenvalue weighted by molar-refractivity contribution is 0.614. The molecule has 0 spiro atoms. The molecule has 0 amide bonds. The number of nitrogens with two attached hydrogens (primary N) is 1. The average Bonchev–Trinajstić information content (AvgIpc) is 2.49. The molecule has 0 saturated heterocycles. The SMILES string of the molecule is Cc1ccc(C(N)c2cnc3ccccc3c2)cc1F.